The van der Waals surface area contributed by atoms with Crippen LogP contribution in [0.15, 0.2) is 0 Å². The summed E-state index contributed by atoms with van der Waals surface area (Å²) in [7, 11) is 1.59. The average Bonchev–Trinajstić information content (AvgIpc) is 2.59. The standard InChI is InChI=1S/C21H38O5/c1-8-15-10-9-11-17(19(22)21(4,5)6)18(15)20(23)26-13-16(24-7)12-25-14(2)3/h14-18H,8-13H2,1-7H3. The fourth-order valence-electron chi connectivity index (χ4n) is 3.71. The summed E-state index contributed by atoms with van der Waals surface area (Å²) in [6, 6.07) is 0. The molecule has 4 atom stereocenters. The Labute approximate surface area is 159 Å². The Morgan fingerprint density at radius 3 is 2.27 bits per heavy atom. The van der Waals surface area contributed by atoms with Crippen molar-refractivity contribution in [3.05, 3.63) is 0 Å². The summed E-state index contributed by atoms with van der Waals surface area (Å²) in [5, 5.41) is 0. The third kappa shape index (κ3) is 6.66. The van der Waals surface area contributed by atoms with Crippen LogP contribution in [0.2, 0.25) is 0 Å². The second-order valence-corrected chi connectivity index (χ2v) is 8.72. The predicted octanol–water partition coefficient (Wildman–Crippen LogP) is 4.03. The van der Waals surface area contributed by atoms with Gasteiger partial charge in [0.25, 0.3) is 0 Å². The Kier molecular flexibility index (Phi) is 9.25. The number of methoxy groups -OCH3 is 1. The Hall–Kier alpha value is -0.940. The number of ether oxygens (including phenoxy) is 3. The highest BCUT2D eigenvalue weighted by Gasteiger charge is 2.44. The van der Waals surface area contributed by atoms with Gasteiger partial charge >= 0.3 is 5.97 Å². The molecule has 0 radical (unpaired) electrons. The highest BCUT2D eigenvalue weighted by atomic mass is 16.6. The van der Waals surface area contributed by atoms with E-state index < -0.39 is 5.41 Å². The van der Waals surface area contributed by atoms with Crippen molar-refractivity contribution in [2.75, 3.05) is 20.3 Å². The van der Waals surface area contributed by atoms with Crippen molar-refractivity contribution in [3.63, 3.8) is 0 Å². The van der Waals surface area contributed by atoms with Crippen molar-refractivity contribution in [2.24, 2.45) is 23.2 Å². The van der Waals surface area contributed by atoms with E-state index in [1.54, 1.807) is 7.11 Å². The highest BCUT2D eigenvalue weighted by Crippen LogP contribution is 2.41. The molecule has 0 amide bonds. The molecule has 0 bridgehead atoms. The van der Waals surface area contributed by atoms with E-state index in [0.717, 1.165) is 25.7 Å². The molecule has 0 aromatic carbocycles. The maximum atomic E-state index is 12.9. The molecule has 152 valence electrons. The summed E-state index contributed by atoms with van der Waals surface area (Å²) in [6.07, 6.45) is 3.45. The molecule has 1 rings (SSSR count). The maximum Gasteiger partial charge on any atom is 0.310 e. The van der Waals surface area contributed by atoms with E-state index in [9.17, 15) is 9.59 Å². The Morgan fingerprint density at radius 2 is 1.77 bits per heavy atom. The van der Waals surface area contributed by atoms with Gasteiger partial charge in [-0.2, -0.15) is 0 Å². The molecule has 5 heteroatoms. The first-order valence-corrected chi connectivity index (χ1v) is 9.97. The summed E-state index contributed by atoms with van der Waals surface area (Å²) < 4.78 is 16.5. The molecule has 0 aromatic heterocycles. The van der Waals surface area contributed by atoms with Crippen LogP contribution >= 0.6 is 0 Å². The van der Waals surface area contributed by atoms with Crippen molar-refractivity contribution in [2.45, 2.75) is 79.4 Å². The lowest BCUT2D eigenvalue weighted by Gasteiger charge is -2.38. The lowest BCUT2D eigenvalue weighted by atomic mass is 9.65. The van der Waals surface area contributed by atoms with Crippen molar-refractivity contribution >= 4 is 11.8 Å². The van der Waals surface area contributed by atoms with Crippen LogP contribution in [0.25, 0.3) is 0 Å². The molecular weight excluding hydrogens is 332 g/mol. The van der Waals surface area contributed by atoms with E-state index in [1.807, 2.05) is 34.6 Å². The zero-order valence-corrected chi connectivity index (χ0v) is 17.7. The SMILES string of the molecule is CCC1CCCC(C(=O)C(C)(C)C)C1C(=O)OCC(COC(C)C)OC. The molecule has 26 heavy (non-hydrogen) atoms. The van der Waals surface area contributed by atoms with Gasteiger partial charge in [-0.25, -0.2) is 0 Å². The Morgan fingerprint density at radius 1 is 1.12 bits per heavy atom. The van der Waals surface area contributed by atoms with Gasteiger partial charge in [0.2, 0.25) is 0 Å². The van der Waals surface area contributed by atoms with E-state index in [-0.39, 0.29) is 48.3 Å². The first kappa shape index (κ1) is 23.1. The molecule has 0 aliphatic heterocycles. The zero-order chi connectivity index (χ0) is 19.9. The van der Waals surface area contributed by atoms with Gasteiger partial charge in [0.15, 0.2) is 0 Å². The topological polar surface area (TPSA) is 61.8 Å². The van der Waals surface area contributed by atoms with Crippen molar-refractivity contribution in [3.8, 4) is 0 Å². The fourth-order valence-corrected chi connectivity index (χ4v) is 3.71. The second kappa shape index (κ2) is 10.4. The van der Waals surface area contributed by atoms with Gasteiger partial charge in [-0.1, -0.05) is 40.5 Å². The van der Waals surface area contributed by atoms with Crippen LogP contribution in [-0.2, 0) is 23.8 Å². The Balaban J connectivity index is 2.80. The second-order valence-electron chi connectivity index (χ2n) is 8.72. The molecule has 0 saturated heterocycles. The van der Waals surface area contributed by atoms with Gasteiger partial charge in [-0.3, -0.25) is 9.59 Å². The van der Waals surface area contributed by atoms with Gasteiger partial charge in [-0.15, -0.1) is 0 Å². The number of carbonyl (C=O) groups excluding carboxylic acids is 2. The third-order valence-corrected chi connectivity index (χ3v) is 5.26. The number of Topliss-reactive ketones (excluding diaryl/α,β-unsaturated/α-hetero) is 1. The first-order chi connectivity index (χ1) is 12.1. The molecule has 1 fully saturated rings. The molecular formula is C21H38O5. The van der Waals surface area contributed by atoms with Crippen molar-refractivity contribution in [1.29, 1.82) is 0 Å². The van der Waals surface area contributed by atoms with E-state index >= 15 is 0 Å². The van der Waals surface area contributed by atoms with Crippen LogP contribution < -0.4 is 0 Å². The van der Waals surface area contributed by atoms with Crippen molar-refractivity contribution in [1.82, 2.24) is 0 Å². The zero-order valence-electron chi connectivity index (χ0n) is 17.7. The third-order valence-electron chi connectivity index (χ3n) is 5.26. The van der Waals surface area contributed by atoms with Crippen LogP contribution in [0, 0.1) is 23.2 Å². The van der Waals surface area contributed by atoms with Gasteiger partial charge in [0, 0.05) is 18.4 Å². The van der Waals surface area contributed by atoms with E-state index in [0.29, 0.717) is 6.61 Å². The number of hydrogen-bond donors (Lipinski definition) is 0. The van der Waals surface area contributed by atoms with Crippen LogP contribution in [0.4, 0.5) is 0 Å². The summed E-state index contributed by atoms with van der Waals surface area (Å²) in [5.41, 5.74) is -0.445. The largest absolute Gasteiger partial charge is 0.463 e. The van der Waals surface area contributed by atoms with Crippen molar-refractivity contribution < 1.29 is 23.8 Å². The lowest BCUT2D eigenvalue weighted by Crippen LogP contribution is -2.44. The minimum absolute atomic E-state index is 0.0972. The number of carbonyl (C=O) groups is 2. The average molecular weight is 371 g/mol. The molecule has 0 N–H and O–H groups in total. The quantitative estimate of drug-likeness (QED) is 0.574. The van der Waals surface area contributed by atoms with Gasteiger partial charge in [0.05, 0.1) is 18.6 Å². The minimum atomic E-state index is -0.445. The normalized spacial score (nSPS) is 25.2. The maximum absolute atomic E-state index is 12.9. The van der Waals surface area contributed by atoms with Gasteiger partial charge in [-0.05, 0) is 32.6 Å². The summed E-state index contributed by atoms with van der Waals surface area (Å²) >= 11 is 0. The number of ketones is 1. The lowest BCUT2D eigenvalue weighted by molar-refractivity contribution is -0.163. The Bertz CT molecular complexity index is 452. The number of rotatable bonds is 9. The van der Waals surface area contributed by atoms with E-state index in [1.165, 1.54) is 0 Å². The van der Waals surface area contributed by atoms with Crippen LogP contribution in [0.1, 0.15) is 67.2 Å². The molecule has 0 aromatic rings. The molecule has 0 spiro atoms. The minimum Gasteiger partial charge on any atom is -0.463 e. The van der Waals surface area contributed by atoms with E-state index in [2.05, 4.69) is 6.92 Å². The van der Waals surface area contributed by atoms with Crippen LogP contribution in [0.5, 0.6) is 0 Å². The summed E-state index contributed by atoms with van der Waals surface area (Å²) in [6.45, 7) is 12.3. The molecule has 1 aliphatic carbocycles. The van der Waals surface area contributed by atoms with Gasteiger partial charge < -0.3 is 14.2 Å². The molecule has 0 heterocycles. The van der Waals surface area contributed by atoms with Gasteiger partial charge in [0.1, 0.15) is 18.5 Å². The highest BCUT2D eigenvalue weighted by molar-refractivity contribution is 5.90. The fraction of sp³-hybridized carbons (Fsp3) is 0.905. The predicted molar refractivity (Wildman–Crippen MR) is 102 cm³/mol. The first-order valence-electron chi connectivity index (χ1n) is 9.97. The molecule has 1 saturated carbocycles. The van der Waals surface area contributed by atoms with Crippen LogP contribution in [0.3, 0.4) is 0 Å². The smallest absolute Gasteiger partial charge is 0.310 e. The number of esters is 1. The monoisotopic (exact) mass is 370 g/mol. The molecule has 5 nitrogen and oxygen atoms in total. The summed E-state index contributed by atoms with van der Waals surface area (Å²) in [5.74, 6) is -0.464. The summed E-state index contributed by atoms with van der Waals surface area (Å²) in [4.78, 5) is 25.8. The molecule has 1 aliphatic rings. The van der Waals surface area contributed by atoms with Crippen LogP contribution in [-0.4, -0.2) is 44.3 Å². The molecule has 4 unspecified atom stereocenters. The van der Waals surface area contributed by atoms with E-state index in [4.69, 9.17) is 14.2 Å². The number of hydrogen-bond acceptors (Lipinski definition) is 5.